The maximum absolute atomic E-state index is 13.4. The van der Waals surface area contributed by atoms with Crippen LogP contribution in [0.3, 0.4) is 0 Å². The number of non-ortho nitro benzene ring substituents is 1. The van der Waals surface area contributed by atoms with E-state index in [4.69, 9.17) is 16.3 Å². The first-order valence-corrected chi connectivity index (χ1v) is 11.4. The largest absolute Gasteiger partial charge is 0.463 e. The highest BCUT2D eigenvalue weighted by molar-refractivity contribution is 7.07. The lowest BCUT2D eigenvalue weighted by atomic mass is 9.96. The summed E-state index contributed by atoms with van der Waals surface area (Å²) in [4.78, 5) is 41.7. The summed E-state index contributed by atoms with van der Waals surface area (Å²) in [6, 6.07) is 12.1. The van der Waals surface area contributed by atoms with Gasteiger partial charge in [-0.05, 0) is 37.6 Å². The average Bonchev–Trinajstić information content (AvgIpc) is 3.12. The second-order valence-electron chi connectivity index (χ2n) is 7.31. The Kier molecular flexibility index (Phi) is 6.62. The van der Waals surface area contributed by atoms with Crippen molar-refractivity contribution in [2.45, 2.75) is 19.9 Å². The lowest BCUT2D eigenvalue weighted by Crippen LogP contribution is -2.40. The highest BCUT2D eigenvalue weighted by Gasteiger charge is 2.33. The Labute approximate surface area is 202 Å². The Hall–Kier alpha value is -3.76. The van der Waals surface area contributed by atoms with Crippen LogP contribution in [-0.4, -0.2) is 22.1 Å². The number of esters is 1. The molecule has 0 spiro atoms. The first-order valence-electron chi connectivity index (χ1n) is 10.2. The smallest absolute Gasteiger partial charge is 0.338 e. The Morgan fingerprint density at radius 3 is 2.74 bits per heavy atom. The zero-order chi connectivity index (χ0) is 24.4. The molecule has 174 valence electrons. The van der Waals surface area contributed by atoms with E-state index in [-0.39, 0.29) is 23.4 Å². The fourth-order valence-corrected chi connectivity index (χ4v) is 4.71. The predicted molar refractivity (Wildman–Crippen MR) is 129 cm³/mol. The van der Waals surface area contributed by atoms with Crippen LogP contribution in [0.15, 0.2) is 69.6 Å². The number of fused-ring (bicyclic) bond motifs is 1. The molecule has 0 aliphatic carbocycles. The number of hydrogen-bond acceptors (Lipinski definition) is 8. The molecular weight excluding hydrogens is 480 g/mol. The second-order valence-corrected chi connectivity index (χ2v) is 8.75. The zero-order valence-electron chi connectivity index (χ0n) is 18.1. The van der Waals surface area contributed by atoms with Gasteiger partial charge in [-0.15, -0.1) is 0 Å². The average molecular weight is 499 g/mol. The third-order valence-corrected chi connectivity index (χ3v) is 6.36. The Balaban J connectivity index is 1.83. The van der Waals surface area contributed by atoms with E-state index in [2.05, 4.69) is 10.3 Å². The van der Waals surface area contributed by atoms with E-state index in [1.807, 2.05) is 0 Å². The summed E-state index contributed by atoms with van der Waals surface area (Å²) >= 11 is 7.19. The van der Waals surface area contributed by atoms with Crippen molar-refractivity contribution < 1.29 is 14.5 Å². The van der Waals surface area contributed by atoms with Crippen LogP contribution in [0.1, 0.15) is 25.5 Å². The zero-order valence-corrected chi connectivity index (χ0v) is 19.7. The number of nitrogens with zero attached hydrogens (tertiary/aromatic N) is 3. The number of nitro groups is 1. The number of carbonyl (C=O) groups excluding carboxylic acids is 1. The van der Waals surface area contributed by atoms with Gasteiger partial charge >= 0.3 is 5.97 Å². The third-order valence-electron chi connectivity index (χ3n) is 5.13. The molecule has 9 nitrogen and oxygen atoms in total. The maximum atomic E-state index is 13.4. The van der Waals surface area contributed by atoms with E-state index in [0.29, 0.717) is 31.3 Å². The van der Waals surface area contributed by atoms with Gasteiger partial charge in [-0.3, -0.25) is 19.5 Å². The van der Waals surface area contributed by atoms with E-state index < -0.39 is 16.9 Å². The number of aromatic nitrogens is 1. The Morgan fingerprint density at radius 1 is 1.32 bits per heavy atom. The van der Waals surface area contributed by atoms with E-state index in [9.17, 15) is 19.7 Å². The normalized spacial score (nSPS) is 15.5. The van der Waals surface area contributed by atoms with Crippen molar-refractivity contribution in [3.63, 3.8) is 0 Å². The van der Waals surface area contributed by atoms with Crippen molar-refractivity contribution in [3.05, 3.63) is 100 Å². The van der Waals surface area contributed by atoms with Gasteiger partial charge in [-0.2, -0.15) is 0 Å². The topological polar surface area (TPSA) is 116 Å². The summed E-state index contributed by atoms with van der Waals surface area (Å²) in [6.45, 7) is 3.59. The van der Waals surface area contributed by atoms with Gasteiger partial charge in [0.1, 0.15) is 4.53 Å². The standard InChI is InChI=1S/C23H19ClN4O5S/c1-3-33-22(30)19-13(2)26-23-27(20(19)14-7-9-15(24)10-8-14)21(29)18(34-23)12-25-16-5-4-6-17(11-16)28(31)32/h4-12,20,25H,3H2,1-2H3/b18-12-/t20-/m0/s1. The Bertz CT molecular complexity index is 1490. The molecule has 1 aliphatic heterocycles. The van der Waals surface area contributed by atoms with Crippen molar-refractivity contribution in [3.8, 4) is 0 Å². The number of carbonyl (C=O) groups is 1. The number of nitro benzene ring substituents is 1. The van der Waals surface area contributed by atoms with Crippen LogP contribution in [0.25, 0.3) is 6.20 Å². The van der Waals surface area contributed by atoms with Crippen LogP contribution in [0, 0.1) is 10.1 Å². The second kappa shape index (κ2) is 9.62. The van der Waals surface area contributed by atoms with E-state index in [1.54, 1.807) is 50.2 Å². The number of ether oxygens (including phenoxy) is 1. The van der Waals surface area contributed by atoms with Gasteiger partial charge in [-0.25, -0.2) is 9.79 Å². The van der Waals surface area contributed by atoms with Crippen LogP contribution in [0.4, 0.5) is 11.4 Å². The molecule has 34 heavy (non-hydrogen) atoms. The molecule has 1 atom stereocenters. The molecular formula is C23H19ClN4O5S. The van der Waals surface area contributed by atoms with Gasteiger partial charge in [0, 0.05) is 29.0 Å². The van der Waals surface area contributed by atoms with E-state index in [0.717, 1.165) is 11.3 Å². The van der Waals surface area contributed by atoms with Crippen molar-refractivity contribution in [2.24, 2.45) is 4.99 Å². The summed E-state index contributed by atoms with van der Waals surface area (Å²) in [7, 11) is 0. The van der Waals surface area contributed by atoms with Gasteiger partial charge in [0.2, 0.25) is 0 Å². The van der Waals surface area contributed by atoms with Crippen LogP contribution in [-0.2, 0) is 9.53 Å². The molecule has 4 rings (SSSR count). The molecule has 1 aliphatic rings. The molecule has 0 amide bonds. The minimum Gasteiger partial charge on any atom is -0.463 e. The first kappa shape index (κ1) is 23.4. The molecule has 11 heteroatoms. The highest BCUT2D eigenvalue weighted by atomic mass is 35.5. The van der Waals surface area contributed by atoms with Gasteiger partial charge in [-0.1, -0.05) is 41.1 Å². The van der Waals surface area contributed by atoms with Crippen molar-refractivity contribution in [2.75, 3.05) is 11.9 Å². The van der Waals surface area contributed by atoms with Crippen LogP contribution < -0.4 is 20.2 Å². The number of thiazole rings is 1. The lowest BCUT2D eigenvalue weighted by molar-refractivity contribution is -0.384. The number of anilines is 1. The summed E-state index contributed by atoms with van der Waals surface area (Å²) in [5, 5.41) is 14.5. The van der Waals surface area contributed by atoms with Crippen molar-refractivity contribution in [1.29, 1.82) is 0 Å². The van der Waals surface area contributed by atoms with Gasteiger partial charge in [0.05, 0.1) is 28.8 Å². The monoisotopic (exact) mass is 498 g/mol. The van der Waals surface area contributed by atoms with Gasteiger partial charge in [0.15, 0.2) is 4.80 Å². The first-order chi connectivity index (χ1) is 16.3. The summed E-state index contributed by atoms with van der Waals surface area (Å²) in [6.07, 6.45) is 1.48. The fourth-order valence-electron chi connectivity index (χ4n) is 3.61. The van der Waals surface area contributed by atoms with Crippen LogP contribution in [0.5, 0.6) is 0 Å². The summed E-state index contributed by atoms with van der Waals surface area (Å²) < 4.78 is 7.03. The van der Waals surface area contributed by atoms with E-state index >= 15 is 0 Å². The molecule has 0 saturated carbocycles. The number of rotatable bonds is 6. The molecule has 0 radical (unpaired) electrons. The van der Waals surface area contributed by atoms with Gasteiger partial charge in [0.25, 0.3) is 11.2 Å². The number of allylic oxidation sites excluding steroid dienone is 1. The molecule has 1 N–H and O–H groups in total. The van der Waals surface area contributed by atoms with Crippen molar-refractivity contribution >= 4 is 46.5 Å². The Morgan fingerprint density at radius 2 is 2.06 bits per heavy atom. The third kappa shape index (κ3) is 4.50. The maximum Gasteiger partial charge on any atom is 0.338 e. The summed E-state index contributed by atoms with van der Waals surface area (Å²) in [5.74, 6) is -0.548. The predicted octanol–water partition coefficient (Wildman–Crippen LogP) is 3.38. The highest BCUT2D eigenvalue weighted by Crippen LogP contribution is 2.31. The van der Waals surface area contributed by atoms with Gasteiger partial charge < -0.3 is 10.1 Å². The number of benzene rings is 2. The molecule has 2 aromatic carbocycles. The SMILES string of the molecule is CCOC(=O)C1=C(C)N=c2s/c(=C\Nc3cccc([N+](=O)[O-])c3)c(=O)n2[C@H]1c1ccc(Cl)cc1. The molecule has 3 aromatic rings. The molecule has 0 saturated heterocycles. The molecule has 1 aromatic heterocycles. The van der Waals surface area contributed by atoms with Crippen LogP contribution >= 0.6 is 22.9 Å². The molecule has 2 heterocycles. The van der Waals surface area contributed by atoms with Crippen molar-refractivity contribution in [1.82, 2.24) is 4.57 Å². The molecule has 0 bridgehead atoms. The number of nitrogens with one attached hydrogen (secondary N) is 1. The number of hydrogen-bond donors (Lipinski definition) is 1. The summed E-state index contributed by atoms with van der Waals surface area (Å²) in [5.41, 5.74) is 1.43. The minimum atomic E-state index is -0.743. The fraction of sp³-hybridized carbons (Fsp3) is 0.174. The lowest BCUT2D eigenvalue weighted by Gasteiger charge is -2.24. The minimum absolute atomic E-state index is 0.0719. The van der Waals surface area contributed by atoms with Crippen LogP contribution in [0.2, 0.25) is 5.02 Å². The quantitative estimate of drug-likeness (QED) is 0.316. The number of halogens is 1. The molecule has 0 unspecified atom stereocenters. The van der Waals surface area contributed by atoms with E-state index in [1.165, 1.54) is 22.9 Å². The molecule has 0 fully saturated rings.